The van der Waals surface area contributed by atoms with Gasteiger partial charge in [-0.2, -0.15) is 0 Å². The molecule has 0 spiro atoms. The molecule has 0 bridgehead atoms. The van der Waals surface area contributed by atoms with Crippen LogP contribution in [0.5, 0.6) is 0 Å². The Kier molecular flexibility index (Phi) is 4.78. The largest absolute Gasteiger partial charge is 0.352 e. The lowest BCUT2D eigenvalue weighted by Crippen LogP contribution is -2.56. The summed E-state index contributed by atoms with van der Waals surface area (Å²) >= 11 is 0. The van der Waals surface area contributed by atoms with Crippen molar-refractivity contribution in [3.05, 3.63) is 0 Å². The van der Waals surface area contributed by atoms with Gasteiger partial charge in [0.15, 0.2) is 0 Å². The van der Waals surface area contributed by atoms with Crippen molar-refractivity contribution in [1.82, 2.24) is 10.2 Å². The Hall–Kier alpha value is -0.570. The van der Waals surface area contributed by atoms with E-state index in [1.807, 2.05) is 20.8 Å². The van der Waals surface area contributed by atoms with Crippen LogP contribution in [0.4, 0.5) is 0 Å². The van der Waals surface area contributed by atoms with E-state index in [4.69, 9.17) is 0 Å². The Morgan fingerprint density at radius 2 is 1.90 bits per heavy atom. The number of nitrogens with one attached hydrogen (secondary N) is 1. The van der Waals surface area contributed by atoms with Crippen LogP contribution in [0.25, 0.3) is 0 Å². The summed E-state index contributed by atoms with van der Waals surface area (Å²) in [6.07, 6.45) is 5.31. The molecule has 0 aromatic heterocycles. The lowest BCUT2D eigenvalue weighted by molar-refractivity contribution is -0.129. The van der Waals surface area contributed by atoms with Crippen molar-refractivity contribution < 1.29 is 4.79 Å². The van der Waals surface area contributed by atoms with Gasteiger partial charge in [-0.15, -0.1) is 0 Å². The fourth-order valence-electron chi connectivity index (χ4n) is 3.45. The molecule has 1 N–H and O–H groups in total. The molecule has 1 heterocycles. The molecular formula is C17H32N2O. The highest BCUT2D eigenvalue weighted by Crippen LogP contribution is 2.33. The molecule has 1 aliphatic carbocycles. The van der Waals surface area contributed by atoms with Gasteiger partial charge in [0, 0.05) is 30.6 Å². The van der Waals surface area contributed by atoms with Crippen LogP contribution in [0.3, 0.4) is 0 Å². The number of carbonyl (C=O) groups is 1. The van der Waals surface area contributed by atoms with Gasteiger partial charge >= 0.3 is 0 Å². The number of amides is 1. The highest BCUT2D eigenvalue weighted by Gasteiger charge is 2.34. The van der Waals surface area contributed by atoms with Gasteiger partial charge < -0.3 is 5.32 Å². The third-order valence-electron chi connectivity index (χ3n) is 5.11. The second-order valence-corrected chi connectivity index (χ2v) is 8.15. The quantitative estimate of drug-likeness (QED) is 0.862. The van der Waals surface area contributed by atoms with Gasteiger partial charge in [0.2, 0.25) is 5.91 Å². The minimum absolute atomic E-state index is 0.188. The molecule has 3 unspecified atom stereocenters. The molecular weight excluding hydrogens is 248 g/mol. The van der Waals surface area contributed by atoms with E-state index in [-0.39, 0.29) is 11.3 Å². The van der Waals surface area contributed by atoms with E-state index in [9.17, 15) is 4.79 Å². The summed E-state index contributed by atoms with van der Waals surface area (Å²) in [5.74, 6) is 1.75. The molecule has 3 heteroatoms. The maximum absolute atomic E-state index is 12.2. The van der Waals surface area contributed by atoms with Crippen molar-refractivity contribution >= 4 is 5.91 Å². The summed E-state index contributed by atoms with van der Waals surface area (Å²) in [5, 5.41) is 3.27. The van der Waals surface area contributed by atoms with Crippen LogP contribution in [0.1, 0.15) is 60.3 Å². The maximum atomic E-state index is 12.2. The molecule has 0 aromatic carbocycles. The van der Waals surface area contributed by atoms with Crippen LogP contribution in [-0.4, -0.2) is 36.0 Å². The minimum Gasteiger partial charge on any atom is -0.352 e. The zero-order valence-electron chi connectivity index (χ0n) is 13.9. The van der Waals surface area contributed by atoms with Crippen LogP contribution >= 0.6 is 0 Å². The first-order valence-electron chi connectivity index (χ1n) is 8.32. The van der Waals surface area contributed by atoms with E-state index in [1.54, 1.807) is 0 Å². The SMILES string of the molecule is CC1CC(NC(=O)C(C)(C)C)CN(C(C)C2CCC2)C1. The standard InChI is InChI=1S/C17H32N2O/c1-12-9-15(18-16(20)17(3,4)5)11-19(10-12)13(2)14-7-6-8-14/h12-15H,6-11H2,1-5H3,(H,18,20). The van der Waals surface area contributed by atoms with E-state index in [2.05, 4.69) is 24.1 Å². The molecule has 20 heavy (non-hydrogen) atoms. The van der Waals surface area contributed by atoms with Crippen molar-refractivity contribution in [1.29, 1.82) is 0 Å². The summed E-state index contributed by atoms with van der Waals surface area (Å²) in [6, 6.07) is 1.01. The highest BCUT2D eigenvalue weighted by atomic mass is 16.2. The molecule has 1 saturated heterocycles. The Balaban J connectivity index is 1.92. The number of carbonyl (C=O) groups excluding carboxylic acids is 1. The van der Waals surface area contributed by atoms with Crippen LogP contribution in [0.2, 0.25) is 0 Å². The van der Waals surface area contributed by atoms with Crippen molar-refractivity contribution in [2.45, 2.75) is 72.4 Å². The molecule has 2 fully saturated rings. The lowest BCUT2D eigenvalue weighted by Gasteiger charge is -2.45. The molecule has 1 aliphatic heterocycles. The van der Waals surface area contributed by atoms with Crippen molar-refractivity contribution in [3.63, 3.8) is 0 Å². The zero-order chi connectivity index (χ0) is 14.9. The number of hydrogen-bond acceptors (Lipinski definition) is 2. The fourth-order valence-corrected chi connectivity index (χ4v) is 3.45. The molecule has 0 aromatic rings. The molecule has 1 amide bonds. The lowest BCUT2D eigenvalue weighted by atomic mass is 9.78. The number of likely N-dealkylation sites (tertiary alicyclic amines) is 1. The molecule has 3 atom stereocenters. The van der Waals surface area contributed by atoms with E-state index < -0.39 is 0 Å². The predicted molar refractivity (Wildman–Crippen MR) is 83.5 cm³/mol. The summed E-state index contributed by atoms with van der Waals surface area (Å²) < 4.78 is 0. The molecule has 0 radical (unpaired) electrons. The van der Waals surface area contributed by atoms with Gasteiger partial charge in [-0.3, -0.25) is 9.69 Å². The minimum atomic E-state index is -0.287. The number of piperidine rings is 1. The topological polar surface area (TPSA) is 32.3 Å². The zero-order valence-corrected chi connectivity index (χ0v) is 13.9. The molecule has 1 saturated carbocycles. The Bertz CT molecular complexity index is 343. The number of hydrogen-bond donors (Lipinski definition) is 1. The third-order valence-corrected chi connectivity index (χ3v) is 5.11. The van der Waals surface area contributed by atoms with Gasteiger partial charge in [0.25, 0.3) is 0 Å². The summed E-state index contributed by atoms with van der Waals surface area (Å²) in [7, 11) is 0. The second kappa shape index (κ2) is 6.05. The van der Waals surface area contributed by atoms with Crippen LogP contribution < -0.4 is 5.32 Å². The van der Waals surface area contributed by atoms with E-state index in [0.717, 1.165) is 18.9 Å². The van der Waals surface area contributed by atoms with Crippen LogP contribution in [-0.2, 0) is 4.79 Å². The van der Waals surface area contributed by atoms with Gasteiger partial charge in [-0.25, -0.2) is 0 Å². The van der Waals surface area contributed by atoms with Crippen molar-refractivity contribution in [2.75, 3.05) is 13.1 Å². The van der Waals surface area contributed by atoms with Crippen molar-refractivity contribution in [2.24, 2.45) is 17.3 Å². The van der Waals surface area contributed by atoms with Gasteiger partial charge in [0.05, 0.1) is 0 Å². The first-order valence-corrected chi connectivity index (χ1v) is 8.32. The first kappa shape index (κ1) is 15.8. The van der Waals surface area contributed by atoms with Gasteiger partial charge in [-0.05, 0) is 38.0 Å². The summed E-state index contributed by atoms with van der Waals surface area (Å²) in [6.45, 7) is 12.9. The molecule has 2 aliphatic rings. The smallest absolute Gasteiger partial charge is 0.225 e. The second-order valence-electron chi connectivity index (χ2n) is 8.15. The average molecular weight is 280 g/mol. The summed E-state index contributed by atoms with van der Waals surface area (Å²) in [4.78, 5) is 14.8. The van der Waals surface area contributed by atoms with Crippen LogP contribution in [0.15, 0.2) is 0 Å². The number of nitrogens with zero attached hydrogens (tertiary/aromatic N) is 1. The van der Waals surface area contributed by atoms with Crippen LogP contribution in [0, 0.1) is 17.3 Å². The van der Waals surface area contributed by atoms with Gasteiger partial charge in [0.1, 0.15) is 0 Å². The van der Waals surface area contributed by atoms with Gasteiger partial charge in [-0.1, -0.05) is 34.1 Å². The normalized spacial score (nSPS) is 30.6. The summed E-state index contributed by atoms with van der Waals surface area (Å²) in [5.41, 5.74) is -0.287. The highest BCUT2D eigenvalue weighted by molar-refractivity contribution is 5.81. The molecule has 2 rings (SSSR count). The van der Waals surface area contributed by atoms with E-state index >= 15 is 0 Å². The van der Waals surface area contributed by atoms with E-state index in [1.165, 1.54) is 25.8 Å². The third kappa shape index (κ3) is 3.75. The van der Waals surface area contributed by atoms with Crippen molar-refractivity contribution in [3.8, 4) is 0 Å². The first-order chi connectivity index (χ1) is 9.27. The molecule has 116 valence electrons. The monoisotopic (exact) mass is 280 g/mol. The fraction of sp³-hybridized carbons (Fsp3) is 0.941. The maximum Gasteiger partial charge on any atom is 0.225 e. The Morgan fingerprint density at radius 3 is 2.40 bits per heavy atom. The average Bonchev–Trinajstić information content (AvgIpc) is 2.24. The Labute approximate surface area is 124 Å². The Morgan fingerprint density at radius 1 is 1.25 bits per heavy atom. The number of rotatable bonds is 3. The van der Waals surface area contributed by atoms with E-state index in [0.29, 0.717) is 18.0 Å². The predicted octanol–water partition coefficient (Wildman–Crippen LogP) is 3.05. The molecule has 3 nitrogen and oxygen atoms in total.